The Morgan fingerprint density at radius 2 is 0.760 bits per heavy atom. The van der Waals surface area contributed by atoms with E-state index in [0.717, 1.165) is 134 Å². The van der Waals surface area contributed by atoms with Crippen molar-refractivity contribution in [1.29, 1.82) is 0 Å². The lowest BCUT2D eigenvalue weighted by Gasteiger charge is -2.40. The van der Waals surface area contributed by atoms with E-state index in [9.17, 15) is 48.0 Å². The standard InChI is InChI=1S/C28H24FN3O3.C26H20FN3O3.C25H20FN3O3/c1-28(10-12-35-13-11-28)26-25(17-2-4-18(5-3-17)27(33)34)22-15-23-19(16-30-31-23)14-24(22)32(26)21-8-6-20(29)7-9-21;1-26(13-33-14-26)24-23(15-2-4-16(5-3-15)25(31)32)20-11-21-17(12-28-29-21)10-22(20)30(24)19-8-6-18(27)7-9-19;1-25(2,32)23-22(14-3-5-15(6-4-14)24(30)31)19-12-20-16(13-27-28-20)11-21(19)29(23)18-9-7-17(26)8-10-18/h2-9,14-16H,10-13H2,1H3,(H,30,31)(H,33,34);2-12H,13-14H2,1H3,(H,28,29)(H,31,32);3-13,32H,1-2H3,(H,27,28)(H,30,31). The van der Waals surface area contributed by atoms with Crippen LogP contribution in [-0.4, -0.2) is 109 Å². The number of carboxylic acid groups (broad SMARTS) is 3. The molecule has 500 valence electrons. The first-order valence-electron chi connectivity index (χ1n) is 32.4. The van der Waals surface area contributed by atoms with Crippen molar-refractivity contribution in [2.45, 2.75) is 57.0 Å². The number of nitrogens with zero attached hydrogens (tertiary/aromatic N) is 6. The average Bonchev–Trinajstić information content (AvgIpc) is 1.57. The molecule has 0 bridgehead atoms. The highest BCUT2D eigenvalue weighted by atomic mass is 19.1. The van der Waals surface area contributed by atoms with Gasteiger partial charge in [-0.15, -0.1) is 0 Å². The Morgan fingerprint density at radius 1 is 0.440 bits per heavy atom. The fraction of sp³-hybridized carbons (Fsp3) is 0.165. The number of aliphatic hydroxyl groups is 1. The SMILES string of the molecule is CC(C)(O)c1c(-c2ccc(C(=O)O)cc2)c2cc3[nH]ncc3cc2n1-c1ccc(F)cc1.CC1(c2c(-c3ccc(C(=O)O)cc3)c3cc4[nH]ncc4cc3n2-c2ccc(F)cc2)CCOCC1.CC1(c2c(-c3ccc(C(=O)O)cc3)c3cc4[nH]ncc4cc3n2-c2ccc(F)cc2)COC1. The topological polar surface area (TPSA) is 251 Å². The van der Waals surface area contributed by atoms with Crippen LogP contribution in [0, 0.1) is 17.5 Å². The summed E-state index contributed by atoms with van der Waals surface area (Å²) in [7, 11) is 0. The monoisotopic (exact) mass is 1340 g/mol. The zero-order valence-corrected chi connectivity index (χ0v) is 54.4. The van der Waals surface area contributed by atoms with Crippen LogP contribution in [0.25, 0.3) is 116 Å². The summed E-state index contributed by atoms with van der Waals surface area (Å²) >= 11 is 0. The quantitative estimate of drug-likeness (QED) is 0.0603. The molecule has 2 fully saturated rings. The minimum Gasteiger partial charge on any atom is -0.478 e. The molecule has 0 atom stereocenters. The van der Waals surface area contributed by atoms with Crippen molar-refractivity contribution in [2.75, 3.05) is 26.4 Å². The van der Waals surface area contributed by atoms with Gasteiger partial charge in [0.2, 0.25) is 0 Å². The zero-order chi connectivity index (χ0) is 69.5. The van der Waals surface area contributed by atoms with E-state index < -0.39 is 23.5 Å². The van der Waals surface area contributed by atoms with Crippen LogP contribution in [0.1, 0.15) is 88.7 Å². The molecule has 2 aliphatic heterocycles. The summed E-state index contributed by atoms with van der Waals surface area (Å²) in [5.74, 6) is -3.86. The summed E-state index contributed by atoms with van der Waals surface area (Å²) in [6.45, 7) is 10.2. The molecule has 0 saturated carbocycles. The van der Waals surface area contributed by atoms with Crippen LogP contribution in [-0.2, 0) is 25.9 Å². The Balaban J connectivity index is 0.000000122. The lowest BCUT2D eigenvalue weighted by Crippen LogP contribution is -2.45. The van der Waals surface area contributed by atoms with E-state index in [4.69, 9.17) is 9.47 Å². The molecule has 18 nitrogen and oxygen atoms in total. The van der Waals surface area contributed by atoms with Gasteiger partial charge >= 0.3 is 17.9 Å². The lowest BCUT2D eigenvalue weighted by molar-refractivity contribution is -0.0523. The summed E-state index contributed by atoms with van der Waals surface area (Å²) in [6.07, 6.45) is 6.98. The van der Waals surface area contributed by atoms with Crippen LogP contribution in [0.2, 0.25) is 0 Å². The number of hydrogen-bond acceptors (Lipinski definition) is 9. The molecule has 7 N–H and O–H groups in total. The van der Waals surface area contributed by atoms with Gasteiger partial charge in [0.25, 0.3) is 0 Å². The Morgan fingerprint density at radius 3 is 1.09 bits per heavy atom. The number of ether oxygens (including phenoxy) is 2. The molecule has 0 amide bonds. The van der Waals surface area contributed by atoms with Crippen LogP contribution in [0.3, 0.4) is 0 Å². The van der Waals surface area contributed by atoms with Crippen molar-refractivity contribution >= 4 is 83.3 Å². The van der Waals surface area contributed by atoms with Gasteiger partial charge < -0.3 is 43.6 Å². The van der Waals surface area contributed by atoms with E-state index >= 15 is 0 Å². The summed E-state index contributed by atoms with van der Waals surface area (Å²) in [6, 6.07) is 52.0. The van der Waals surface area contributed by atoms with Crippen molar-refractivity contribution in [3.05, 3.63) is 252 Å². The van der Waals surface area contributed by atoms with Gasteiger partial charge in [0.15, 0.2) is 0 Å². The molecule has 0 radical (unpaired) electrons. The summed E-state index contributed by atoms with van der Waals surface area (Å²) in [4.78, 5) is 34.2. The van der Waals surface area contributed by atoms with Gasteiger partial charge in [-0.05, 0) is 196 Å². The first-order chi connectivity index (χ1) is 48.1. The van der Waals surface area contributed by atoms with Crippen molar-refractivity contribution < 1.29 is 57.5 Å². The molecule has 0 spiro atoms. The lowest BCUT2D eigenvalue weighted by atomic mass is 9.76. The first-order valence-corrected chi connectivity index (χ1v) is 32.4. The van der Waals surface area contributed by atoms with Crippen molar-refractivity contribution in [1.82, 2.24) is 44.3 Å². The summed E-state index contributed by atoms with van der Waals surface area (Å²) in [5.41, 5.74) is 15.0. The molecule has 0 unspecified atom stereocenters. The summed E-state index contributed by atoms with van der Waals surface area (Å²) < 4.78 is 59.0. The Labute approximate surface area is 568 Å². The number of halogens is 3. The van der Waals surface area contributed by atoms with Gasteiger partial charge in [0.1, 0.15) is 17.5 Å². The predicted molar refractivity (Wildman–Crippen MR) is 377 cm³/mol. The number of aromatic nitrogens is 9. The van der Waals surface area contributed by atoms with Crippen molar-refractivity contribution in [2.24, 2.45) is 0 Å². The Hall–Kier alpha value is -11.9. The van der Waals surface area contributed by atoms with E-state index in [1.807, 2.05) is 41.0 Å². The molecule has 100 heavy (non-hydrogen) atoms. The van der Waals surface area contributed by atoms with E-state index in [1.165, 1.54) is 36.4 Å². The normalized spacial score (nSPS) is 14.3. The number of H-pyrrole nitrogens is 3. The van der Waals surface area contributed by atoms with E-state index in [0.29, 0.717) is 37.8 Å². The predicted octanol–water partition coefficient (Wildman–Crippen LogP) is 16.6. The van der Waals surface area contributed by atoms with E-state index in [2.05, 4.69) is 77.8 Å². The molecule has 8 heterocycles. The number of hydrogen-bond donors (Lipinski definition) is 7. The largest absolute Gasteiger partial charge is 0.478 e. The molecule has 2 aliphatic rings. The molecule has 21 heteroatoms. The fourth-order valence-corrected chi connectivity index (χ4v) is 14.3. The van der Waals surface area contributed by atoms with Gasteiger partial charge in [-0.3, -0.25) is 15.3 Å². The maximum absolute atomic E-state index is 13.9. The minimum atomic E-state index is -1.26. The maximum Gasteiger partial charge on any atom is 0.335 e. The molecular weight excluding hydrogens is 1280 g/mol. The number of rotatable bonds is 12. The van der Waals surface area contributed by atoms with Gasteiger partial charge in [-0.1, -0.05) is 43.3 Å². The van der Waals surface area contributed by atoms with Gasteiger partial charge in [-0.25, -0.2) is 27.6 Å². The second-order valence-electron chi connectivity index (χ2n) is 26.5. The molecule has 9 aromatic carbocycles. The molecule has 17 rings (SSSR count). The number of aromatic carboxylic acids is 3. The third-order valence-corrected chi connectivity index (χ3v) is 19.3. The fourth-order valence-electron chi connectivity index (χ4n) is 14.3. The van der Waals surface area contributed by atoms with Crippen LogP contribution >= 0.6 is 0 Å². The van der Waals surface area contributed by atoms with Crippen molar-refractivity contribution in [3.8, 4) is 50.4 Å². The van der Waals surface area contributed by atoms with Gasteiger partial charge in [-0.2, -0.15) is 15.3 Å². The smallest absolute Gasteiger partial charge is 0.335 e. The van der Waals surface area contributed by atoms with Crippen LogP contribution in [0.15, 0.2) is 201 Å². The number of nitrogens with one attached hydrogen (secondary N) is 3. The second kappa shape index (κ2) is 24.9. The molecule has 15 aromatic rings. The Bertz CT molecular complexity index is 5680. The highest BCUT2D eigenvalue weighted by Gasteiger charge is 2.42. The molecule has 0 aliphatic carbocycles. The zero-order valence-electron chi connectivity index (χ0n) is 54.4. The van der Waals surface area contributed by atoms with Gasteiger partial charge in [0.05, 0.1) is 98.3 Å². The third kappa shape index (κ3) is 11.4. The second-order valence-corrected chi connectivity index (χ2v) is 26.5. The third-order valence-electron chi connectivity index (χ3n) is 19.3. The first kappa shape index (κ1) is 64.1. The Kier molecular flexibility index (Phi) is 15.9. The number of benzene rings is 9. The van der Waals surface area contributed by atoms with Gasteiger partial charge in [0, 0.05) is 96.1 Å². The summed E-state index contributed by atoms with van der Waals surface area (Å²) in [5, 5.41) is 66.7. The van der Waals surface area contributed by atoms with E-state index in [1.54, 1.807) is 117 Å². The maximum atomic E-state index is 13.9. The van der Waals surface area contributed by atoms with Crippen molar-refractivity contribution in [3.63, 3.8) is 0 Å². The highest BCUT2D eigenvalue weighted by Crippen LogP contribution is 2.50. The number of fused-ring (bicyclic) bond motifs is 6. The van der Waals surface area contributed by atoms with Crippen LogP contribution in [0.5, 0.6) is 0 Å². The minimum absolute atomic E-state index is 0.178. The number of carbonyl (C=O) groups is 3. The number of aromatic amines is 3. The number of carboxylic acids is 3. The van der Waals surface area contributed by atoms with Crippen LogP contribution in [0.4, 0.5) is 13.2 Å². The average molecular weight is 1340 g/mol. The molecule has 6 aromatic heterocycles. The molecular formula is C79H64F3N9O9. The molecule has 2 saturated heterocycles. The van der Waals surface area contributed by atoms with Crippen LogP contribution < -0.4 is 0 Å². The van der Waals surface area contributed by atoms with E-state index in [-0.39, 0.29) is 45.0 Å². The highest BCUT2D eigenvalue weighted by molar-refractivity contribution is 6.09.